The number of carbonyl (C=O) groups excluding carboxylic acids is 1. The van der Waals surface area contributed by atoms with Crippen LogP contribution in [0, 0.1) is 0 Å². The van der Waals surface area contributed by atoms with Crippen LogP contribution in [-0.2, 0) is 14.9 Å². The fraction of sp³-hybridized carbons (Fsp3) is 0.700. The van der Waals surface area contributed by atoms with Gasteiger partial charge in [0.25, 0.3) is 10.1 Å². The summed E-state index contributed by atoms with van der Waals surface area (Å²) < 4.78 is 25.9. The van der Waals surface area contributed by atoms with E-state index in [9.17, 15) is 13.2 Å². The highest BCUT2D eigenvalue weighted by Gasteiger charge is 2.29. The third-order valence-corrected chi connectivity index (χ3v) is 2.10. The van der Waals surface area contributed by atoms with Gasteiger partial charge in [0.2, 0.25) is 0 Å². The molecule has 0 radical (unpaired) electrons. The van der Waals surface area contributed by atoms with Crippen LogP contribution in [-0.4, -0.2) is 30.5 Å². The van der Waals surface area contributed by atoms with Crippen molar-refractivity contribution < 1.29 is 17.8 Å². The molecule has 0 aromatic rings. The molecular formula is C10H21NO4S. The van der Waals surface area contributed by atoms with Crippen molar-refractivity contribution in [3.63, 3.8) is 0 Å². The first-order valence-electron chi connectivity index (χ1n) is 4.89. The van der Waals surface area contributed by atoms with E-state index in [1.165, 1.54) is 0 Å². The van der Waals surface area contributed by atoms with Crippen LogP contribution < -0.4 is 5.73 Å². The SMILES string of the molecule is C=C(C)C(=O)C(N)(CC)CC.CS(=O)(=O)O. The van der Waals surface area contributed by atoms with Crippen molar-refractivity contribution >= 4 is 15.9 Å². The molecule has 16 heavy (non-hydrogen) atoms. The molecule has 0 fully saturated rings. The molecule has 0 unspecified atom stereocenters. The van der Waals surface area contributed by atoms with E-state index in [4.69, 9.17) is 10.3 Å². The second kappa shape index (κ2) is 6.78. The summed E-state index contributed by atoms with van der Waals surface area (Å²) in [4.78, 5) is 11.4. The van der Waals surface area contributed by atoms with Gasteiger partial charge in [-0.15, -0.1) is 0 Å². The van der Waals surface area contributed by atoms with E-state index in [1.807, 2.05) is 13.8 Å². The average molecular weight is 251 g/mol. The molecule has 3 N–H and O–H groups in total. The molecule has 0 aliphatic carbocycles. The monoisotopic (exact) mass is 251 g/mol. The molecule has 0 aromatic heterocycles. The lowest BCUT2D eigenvalue weighted by Crippen LogP contribution is -2.47. The molecule has 0 aliphatic heterocycles. The van der Waals surface area contributed by atoms with Gasteiger partial charge in [-0.25, -0.2) is 0 Å². The molecule has 0 heterocycles. The second-order valence-corrected chi connectivity index (χ2v) is 5.17. The summed E-state index contributed by atoms with van der Waals surface area (Å²) in [5, 5.41) is 0. The Labute approximate surface area is 97.5 Å². The minimum atomic E-state index is -3.67. The number of hydrogen-bond acceptors (Lipinski definition) is 4. The van der Waals surface area contributed by atoms with Crippen LogP contribution in [0.25, 0.3) is 0 Å². The van der Waals surface area contributed by atoms with E-state index >= 15 is 0 Å². The zero-order valence-corrected chi connectivity index (χ0v) is 11.1. The molecule has 0 saturated carbocycles. The fourth-order valence-corrected chi connectivity index (χ4v) is 0.996. The Morgan fingerprint density at radius 3 is 1.69 bits per heavy atom. The molecule has 0 amide bonds. The molecular weight excluding hydrogens is 230 g/mol. The summed E-state index contributed by atoms with van der Waals surface area (Å²) in [5.41, 5.74) is 5.71. The zero-order valence-electron chi connectivity index (χ0n) is 10.3. The standard InChI is InChI=1S/C9H17NO.CH4O3S/c1-5-9(10,6-2)8(11)7(3)4;1-5(2,3)4/h3,5-6,10H2,1-2,4H3;1H3,(H,2,3,4). The van der Waals surface area contributed by atoms with E-state index in [-0.39, 0.29) is 5.78 Å². The maximum atomic E-state index is 11.4. The molecule has 0 aromatic carbocycles. The van der Waals surface area contributed by atoms with Crippen molar-refractivity contribution in [1.82, 2.24) is 0 Å². The molecule has 96 valence electrons. The number of rotatable bonds is 4. The Balaban J connectivity index is 0. The largest absolute Gasteiger partial charge is 0.319 e. The van der Waals surface area contributed by atoms with Crippen molar-refractivity contribution in [2.75, 3.05) is 6.26 Å². The normalized spacial score (nSPS) is 11.4. The van der Waals surface area contributed by atoms with Crippen molar-refractivity contribution in [2.45, 2.75) is 39.2 Å². The van der Waals surface area contributed by atoms with E-state index in [1.54, 1.807) is 6.92 Å². The van der Waals surface area contributed by atoms with Crippen LogP contribution in [0.1, 0.15) is 33.6 Å². The van der Waals surface area contributed by atoms with Crippen LogP contribution in [0.2, 0.25) is 0 Å². The third kappa shape index (κ3) is 8.58. The Bertz CT molecular complexity index is 334. The van der Waals surface area contributed by atoms with Gasteiger partial charge < -0.3 is 5.73 Å². The minimum absolute atomic E-state index is 0.0116. The maximum Gasteiger partial charge on any atom is 0.261 e. The van der Waals surface area contributed by atoms with Crippen molar-refractivity contribution in [1.29, 1.82) is 0 Å². The van der Waals surface area contributed by atoms with Gasteiger partial charge in [-0.1, -0.05) is 20.4 Å². The zero-order chi connectivity index (χ0) is 13.6. The first-order valence-corrected chi connectivity index (χ1v) is 6.74. The predicted molar refractivity (Wildman–Crippen MR) is 64.8 cm³/mol. The Hall–Kier alpha value is -0.720. The van der Waals surface area contributed by atoms with Gasteiger partial charge in [-0.3, -0.25) is 9.35 Å². The topological polar surface area (TPSA) is 97.5 Å². The minimum Gasteiger partial charge on any atom is -0.319 e. The second-order valence-electron chi connectivity index (χ2n) is 3.71. The number of ketones is 1. The van der Waals surface area contributed by atoms with Gasteiger partial charge in [0, 0.05) is 0 Å². The van der Waals surface area contributed by atoms with E-state index in [0.717, 1.165) is 0 Å². The number of nitrogens with two attached hydrogens (primary N) is 1. The van der Waals surface area contributed by atoms with Gasteiger partial charge in [-0.05, 0) is 25.3 Å². The van der Waals surface area contributed by atoms with Crippen LogP contribution in [0.15, 0.2) is 12.2 Å². The molecule has 0 aliphatic rings. The van der Waals surface area contributed by atoms with Gasteiger partial charge in [0.1, 0.15) is 0 Å². The Kier molecular flexibility index (Phi) is 7.48. The molecule has 0 spiro atoms. The lowest BCUT2D eigenvalue weighted by Gasteiger charge is -2.24. The van der Waals surface area contributed by atoms with Gasteiger partial charge in [0.05, 0.1) is 11.8 Å². The van der Waals surface area contributed by atoms with Gasteiger partial charge in [0.15, 0.2) is 5.78 Å². The molecule has 5 nitrogen and oxygen atoms in total. The first kappa shape index (κ1) is 17.7. The summed E-state index contributed by atoms with van der Waals surface area (Å²) in [5.74, 6) is -0.0116. The van der Waals surface area contributed by atoms with Crippen LogP contribution in [0.5, 0.6) is 0 Å². The number of Topliss-reactive ketones (excluding diaryl/α,β-unsaturated/α-hetero) is 1. The highest BCUT2D eigenvalue weighted by atomic mass is 32.2. The van der Waals surface area contributed by atoms with E-state index < -0.39 is 15.7 Å². The molecule has 0 saturated heterocycles. The summed E-state index contributed by atoms with van der Waals surface area (Å²) >= 11 is 0. The Morgan fingerprint density at radius 2 is 1.62 bits per heavy atom. The van der Waals surface area contributed by atoms with Crippen LogP contribution in [0.4, 0.5) is 0 Å². The quantitative estimate of drug-likeness (QED) is 0.577. The maximum absolute atomic E-state index is 11.4. The van der Waals surface area contributed by atoms with Crippen molar-refractivity contribution in [2.24, 2.45) is 5.73 Å². The van der Waals surface area contributed by atoms with Gasteiger partial charge >= 0.3 is 0 Å². The predicted octanol–water partition coefficient (Wildman–Crippen LogP) is 1.15. The summed E-state index contributed by atoms with van der Waals surface area (Å²) in [7, 11) is -3.67. The highest BCUT2D eigenvalue weighted by Crippen LogP contribution is 2.15. The smallest absolute Gasteiger partial charge is 0.261 e. The molecule has 0 atom stereocenters. The van der Waals surface area contributed by atoms with E-state index in [2.05, 4.69) is 6.58 Å². The fourth-order valence-electron chi connectivity index (χ4n) is 0.996. The van der Waals surface area contributed by atoms with Crippen molar-refractivity contribution in [3.8, 4) is 0 Å². The third-order valence-electron chi connectivity index (χ3n) is 2.10. The lowest BCUT2D eigenvalue weighted by atomic mass is 9.86. The van der Waals surface area contributed by atoms with E-state index in [0.29, 0.717) is 24.7 Å². The molecule has 0 rings (SSSR count). The number of carbonyl (C=O) groups is 1. The lowest BCUT2D eigenvalue weighted by molar-refractivity contribution is -0.120. The summed E-state index contributed by atoms with van der Waals surface area (Å²) in [6.45, 7) is 9.13. The van der Waals surface area contributed by atoms with Crippen molar-refractivity contribution in [3.05, 3.63) is 12.2 Å². The molecule has 0 bridgehead atoms. The number of hydrogen-bond donors (Lipinski definition) is 2. The summed E-state index contributed by atoms with van der Waals surface area (Å²) in [6.07, 6.45) is 2.07. The van der Waals surface area contributed by atoms with Crippen LogP contribution >= 0.6 is 0 Å². The Morgan fingerprint density at radius 1 is 1.38 bits per heavy atom. The average Bonchev–Trinajstić information content (AvgIpc) is 2.12. The highest BCUT2D eigenvalue weighted by molar-refractivity contribution is 7.85. The molecule has 6 heteroatoms. The first-order chi connectivity index (χ1) is 6.98. The summed E-state index contributed by atoms with van der Waals surface area (Å²) in [6, 6.07) is 0. The van der Waals surface area contributed by atoms with Gasteiger partial charge in [-0.2, -0.15) is 8.42 Å². The van der Waals surface area contributed by atoms with Crippen LogP contribution in [0.3, 0.4) is 0 Å².